The first-order chi connectivity index (χ1) is 8.19. The molecule has 0 aliphatic rings. The first-order valence-electron chi connectivity index (χ1n) is 5.15. The van der Waals surface area contributed by atoms with Gasteiger partial charge in [0.25, 0.3) is 0 Å². The van der Waals surface area contributed by atoms with E-state index in [1.165, 1.54) is 4.90 Å². The van der Waals surface area contributed by atoms with Crippen LogP contribution in [0.15, 0.2) is 47.4 Å². The molecule has 0 spiro atoms. The second kappa shape index (κ2) is 5.34. The number of nitrogens with one attached hydrogen (secondary N) is 1. The van der Waals surface area contributed by atoms with Crippen LogP contribution < -0.4 is 11.1 Å². The lowest BCUT2D eigenvalue weighted by molar-refractivity contribution is 1.44. The summed E-state index contributed by atoms with van der Waals surface area (Å²) in [4.78, 5) is 1.21. The van der Waals surface area contributed by atoms with Gasteiger partial charge >= 0.3 is 0 Å². The zero-order valence-corrected chi connectivity index (χ0v) is 11.0. The maximum Gasteiger partial charge on any atom is 0.0618 e. The molecule has 0 unspecified atom stereocenters. The lowest BCUT2D eigenvalue weighted by Crippen LogP contribution is -1.96. The van der Waals surface area contributed by atoms with Crippen LogP contribution in [0.25, 0.3) is 0 Å². The molecule has 2 aromatic carbocycles. The standard InChI is InChI=1S/C13H13ClN2S/c1-17-11-4-2-3-10(8-11)16-13-6-5-9(14)7-12(13)15/h2-8,16H,15H2,1H3. The van der Waals surface area contributed by atoms with E-state index in [1.54, 1.807) is 17.8 Å². The molecule has 0 aromatic heterocycles. The molecule has 0 saturated heterocycles. The van der Waals surface area contributed by atoms with Crippen LogP contribution in [0.4, 0.5) is 17.1 Å². The van der Waals surface area contributed by atoms with Crippen molar-refractivity contribution >= 4 is 40.4 Å². The van der Waals surface area contributed by atoms with E-state index in [2.05, 4.69) is 23.7 Å². The number of anilines is 3. The molecule has 0 aliphatic carbocycles. The summed E-state index contributed by atoms with van der Waals surface area (Å²) in [5, 5.41) is 3.92. The van der Waals surface area contributed by atoms with Gasteiger partial charge in [-0.25, -0.2) is 0 Å². The van der Waals surface area contributed by atoms with Crippen LogP contribution in [0.2, 0.25) is 5.02 Å². The predicted octanol–water partition coefficient (Wildman–Crippen LogP) is 4.39. The number of rotatable bonds is 3. The van der Waals surface area contributed by atoms with Crippen molar-refractivity contribution in [2.75, 3.05) is 17.3 Å². The first kappa shape index (κ1) is 12.1. The molecule has 2 nitrogen and oxygen atoms in total. The molecule has 0 fully saturated rings. The van der Waals surface area contributed by atoms with E-state index < -0.39 is 0 Å². The highest BCUT2D eigenvalue weighted by Crippen LogP contribution is 2.27. The van der Waals surface area contributed by atoms with Crippen LogP contribution in [0, 0.1) is 0 Å². The molecule has 0 atom stereocenters. The highest BCUT2D eigenvalue weighted by atomic mass is 35.5. The Morgan fingerprint density at radius 2 is 2.00 bits per heavy atom. The van der Waals surface area contributed by atoms with Crippen molar-refractivity contribution in [2.24, 2.45) is 0 Å². The van der Waals surface area contributed by atoms with Crippen LogP contribution in [-0.4, -0.2) is 6.26 Å². The Morgan fingerprint density at radius 3 is 2.71 bits per heavy atom. The molecule has 0 aliphatic heterocycles. The van der Waals surface area contributed by atoms with Crippen molar-refractivity contribution in [2.45, 2.75) is 4.90 Å². The minimum absolute atomic E-state index is 0.644. The van der Waals surface area contributed by atoms with Gasteiger partial charge < -0.3 is 11.1 Å². The van der Waals surface area contributed by atoms with E-state index in [0.29, 0.717) is 10.7 Å². The summed E-state index contributed by atoms with van der Waals surface area (Å²) < 4.78 is 0. The molecule has 0 heterocycles. The third-order valence-electron chi connectivity index (χ3n) is 2.36. The van der Waals surface area contributed by atoms with Gasteiger partial charge in [-0.1, -0.05) is 17.7 Å². The van der Waals surface area contributed by atoms with E-state index in [-0.39, 0.29) is 0 Å². The van der Waals surface area contributed by atoms with E-state index in [4.69, 9.17) is 17.3 Å². The molecular formula is C13H13ClN2S. The minimum Gasteiger partial charge on any atom is -0.397 e. The van der Waals surface area contributed by atoms with Crippen molar-refractivity contribution in [3.05, 3.63) is 47.5 Å². The normalized spacial score (nSPS) is 10.2. The lowest BCUT2D eigenvalue weighted by atomic mass is 10.2. The Kier molecular flexibility index (Phi) is 3.82. The Balaban J connectivity index is 2.25. The maximum atomic E-state index is 5.89. The summed E-state index contributed by atoms with van der Waals surface area (Å²) in [5.41, 5.74) is 8.42. The average molecular weight is 265 g/mol. The smallest absolute Gasteiger partial charge is 0.0618 e. The second-order valence-electron chi connectivity index (χ2n) is 3.59. The minimum atomic E-state index is 0.644. The van der Waals surface area contributed by atoms with Gasteiger partial charge in [-0.15, -0.1) is 11.8 Å². The van der Waals surface area contributed by atoms with Crippen molar-refractivity contribution < 1.29 is 0 Å². The van der Waals surface area contributed by atoms with Crippen molar-refractivity contribution in [3.8, 4) is 0 Å². The zero-order chi connectivity index (χ0) is 12.3. The highest BCUT2D eigenvalue weighted by Gasteiger charge is 2.01. The number of hydrogen-bond acceptors (Lipinski definition) is 3. The molecule has 88 valence electrons. The van der Waals surface area contributed by atoms with Crippen LogP contribution >= 0.6 is 23.4 Å². The first-order valence-corrected chi connectivity index (χ1v) is 6.75. The van der Waals surface area contributed by atoms with Gasteiger partial charge in [0.1, 0.15) is 0 Å². The van der Waals surface area contributed by atoms with Gasteiger partial charge in [0.05, 0.1) is 11.4 Å². The summed E-state index contributed by atoms with van der Waals surface area (Å²) in [7, 11) is 0. The van der Waals surface area contributed by atoms with Crippen molar-refractivity contribution in [3.63, 3.8) is 0 Å². The number of nitrogen functional groups attached to an aromatic ring is 1. The van der Waals surface area contributed by atoms with Crippen molar-refractivity contribution in [1.82, 2.24) is 0 Å². The van der Waals surface area contributed by atoms with Gasteiger partial charge in [-0.2, -0.15) is 0 Å². The molecule has 0 bridgehead atoms. The van der Waals surface area contributed by atoms with E-state index in [1.807, 2.05) is 24.3 Å². The van der Waals surface area contributed by atoms with Gasteiger partial charge in [-0.3, -0.25) is 0 Å². The molecule has 3 N–H and O–H groups in total. The Morgan fingerprint density at radius 1 is 1.18 bits per heavy atom. The van der Waals surface area contributed by atoms with E-state index in [9.17, 15) is 0 Å². The number of thioether (sulfide) groups is 1. The topological polar surface area (TPSA) is 38.0 Å². The summed E-state index contributed by atoms with van der Waals surface area (Å²) in [5.74, 6) is 0. The third kappa shape index (κ3) is 3.08. The largest absolute Gasteiger partial charge is 0.397 e. The van der Waals surface area contributed by atoms with E-state index >= 15 is 0 Å². The molecule has 2 aromatic rings. The Hall–Kier alpha value is -1.32. The van der Waals surface area contributed by atoms with Crippen LogP contribution in [0.3, 0.4) is 0 Å². The third-order valence-corrected chi connectivity index (χ3v) is 3.32. The van der Waals surface area contributed by atoms with Crippen LogP contribution in [0.5, 0.6) is 0 Å². The summed E-state index contributed by atoms with van der Waals surface area (Å²) in [6.07, 6.45) is 2.05. The number of nitrogens with two attached hydrogens (primary N) is 1. The molecular weight excluding hydrogens is 252 g/mol. The fourth-order valence-electron chi connectivity index (χ4n) is 1.50. The van der Waals surface area contributed by atoms with Crippen LogP contribution in [-0.2, 0) is 0 Å². The molecule has 0 amide bonds. The Labute approximate surface area is 110 Å². The van der Waals surface area contributed by atoms with Gasteiger partial charge in [0.2, 0.25) is 0 Å². The quantitative estimate of drug-likeness (QED) is 0.638. The molecule has 2 rings (SSSR count). The maximum absolute atomic E-state index is 5.89. The Bertz CT molecular complexity index is 529. The van der Waals surface area contributed by atoms with Gasteiger partial charge in [-0.05, 0) is 42.7 Å². The van der Waals surface area contributed by atoms with E-state index in [0.717, 1.165) is 11.4 Å². The highest BCUT2D eigenvalue weighted by molar-refractivity contribution is 7.98. The number of hydrogen-bond donors (Lipinski definition) is 2. The molecule has 4 heteroatoms. The fraction of sp³-hybridized carbons (Fsp3) is 0.0769. The van der Waals surface area contributed by atoms with Crippen LogP contribution in [0.1, 0.15) is 0 Å². The predicted molar refractivity (Wildman–Crippen MR) is 77.4 cm³/mol. The van der Waals surface area contributed by atoms with Crippen molar-refractivity contribution in [1.29, 1.82) is 0 Å². The summed E-state index contributed by atoms with van der Waals surface area (Å²) in [6.45, 7) is 0. The molecule has 17 heavy (non-hydrogen) atoms. The molecule has 0 saturated carbocycles. The fourth-order valence-corrected chi connectivity index (χ4v) is 2.14. The number of halogens is 1. The summed E-state index contributed by atoms with van der Waals surface area (Å²) >= 11 is 7.56. The van der Waals surface area contributed by atoms with Gasteiger partial charge in [0, 0.05) is 15.6 Å². The molecule has 0 radical (unpaired) electrons. The number of benzene rings is 2. The van der Waals surface area contributed by atoms with Gasteiger partial charge in [0.15, 0.2) is 0 Å². The monoisotopic (exact) mass is 264 g/mol. The zero-order valence-electron chi connectivity index (χ0n) is 9.41. The lowest BCUT2D eigenvalue weighted by Gasteiger charge is -2.10. The SMILES string of the molecule is CSc1cccc(Nc2ccc(Cl)cc2N)c1. The average Bonchev–Trinajstić information content (AvgIpc) is 2.33. The summed E-state index contributed by atoms with van der Waals surface area (Å²) in [6, 6.07) is 13.6. The second-order valence-corrected chi connectivity index (χ2v) is 4.90.